The highest BCUT2D eigenvalue weighted by atomic mass is 32.2. The van der Waals surface area contributed by atoms with Gasteiger partial charge in [-0.05, 0) is 23.8 Å². The Morgan fingerprint density at radius 2 is 1.21 bits per heavy atom. The number of allylic oxidation sites excluding steroid dienone is 1. The van der Waals surface area contributed by atoms with Gasteiger partial charge in [0.05, 0.1) is 66.8 Å². The molecule has 0 bridgehead atoms. The second-order valence-corrected chi connectivity index (χ2v) is 10.7. The van der Waals surface area contributed by atoms with E-state index >= 15 is 0 Å². The van der Waals surface area contributed by atoms with Crippen molar-refractivity contribution in [3.8, 4) is 40.2 Å². The maximum Gasteiger partial charge on any atom is 0.194 e. The van der Waals surface area contributed by atoms with Crippen molar-refractivity contribution in [1.82, 2.24) is 0 Å². The van der Waals surface area contributed by atoms with Crippen LogP contribution in [0, 0.1) is 0 Å². The summed E-state index contributed by atoms with van der Waals surface area (Å²) in [7, 11) is 6.58. The van der Waals surface area contributed by atoms with Crippen LogP contribution in [0.15, 0.2) is 60.1 Å². The number of rotatable bonds is 15. The van der Waals surface area contributed by atoms with Crippen LogP contribution in [0.5, 0.6) is 40.2 Å². The fraction of sp³-hybridized carbons (Fsp3) is 0.258. The van der Waals surface area contributed by atoms with Crippen molar-refractivity contribution < 1.29 is 46.4 Å². The van der Waals surface area contributed by atoms with E-state index in [4.69, 9.17) is 33.2 Å². The van der Waals surface area contributed by atoms with Crippen LogP contribution in [-0.2, 0) is 15.6 Å². The van der Waals surface area contributed by atoms with Crippen LogP contribution in [-0.4, -0.2) is 64.0 Å². The average Bonchev–Trinajstić information content (AvgIpc) is 3.02. The molecule has 0 aliphatic rings. The van der Waals surface area contributed by atoms with Gasteiger partial charge < -0.3 is 38.5 Å². The lowest BCUT2D eigenvalue weighted by molar-refractivity contribution is 0.104. The van der Waals surface area contributed by atoms with Gasteiger partial charge in [-0.15, -0.1) is 0 Å². The van der Waals surface area contributed by atoms with Gasteiger partial charge in [0.1, 0.15) is 45.8 Å². The Balaban J connectivity index is 1.83. The summed E-state index contributed by atoms with van der Waals surface area (Å²) in [6.07, 6.45) is 4.14. The standard InChI is InChI=1S/C31H35NO10S/c1-36-21-15-27(39-4)23(28(16-21)40-5)11-13-43(34,35)19-20-8-9-26(38-3)24(14-20)32-12-10-25(33)31-29(41-6)17-22(37-2)18-30(31)42-7/h8-18,32H,19H2,1-7H3/b12-10-,13-11+. The van der Waals surface area contributed by atoms with Crippen molar-refractivity contribution in [3.05, 3.63) is 76.8 Å². The molecule has 0 saturated carbocycles. The second-order valence-electron chi connectivity index (χ2n) is 8.84. The van der Waals surface area contributed by atoms with Crippen molar-refractivity contribution in [3.63, 3.8) is 0 Å². The molecule has 0 spiro atoms. The van der Waals surface area contributed by atoms with Crippen LogP contribution in [0.3, 0.4) is 0 Å². The van der Waals surface area contributed by atoms with E-state index in [1.54, 1.807) is 42.5 Å². The van der Waals surface area contributed by atoms with E-state index in [0.717, 1.165) is 5.41 Å². The van der Waals surface area contributed by atoms with Gasteiger partial charge in [0, 0.05) is 41.9 Å². The fourth-order valence-electron chi connectivity index (χ4n) is 4.15. The van der Waals surface area contributed by atoms with Gasteiger partial charge >= 0.3 is 0 Å². The Bertz CT molecular complexity index is 1560. The minimum Gasteiger partial charge on any atom is -0.496 e. The quantitative estimate of drug-likeness (QED) is 0.181. The summed E-state index contributed by atoms with van der Waals surface area (Å²) in [5, 5.41) is 4.10. The molecule has 1 N–H and O–H groups in total. The third-order valence-electron chi connectivity index (χ3n) is 6.26. The molecular weight excluding hydrogens is 578 g/mol. The van der Waals surface area contributed by atoms with Gasteiger partial charge in [0.2, 0.25) is 0 Å². The molecule has 12 heteroatoms. The molecule has 11 nitrogen and oxygen atoms in total. The maximum atomic E-state index is 13.1. The molecule has 3 aromatic carbocycles. The zero-order valence-corrected chi connectivity index (χ0v) is 25.9. The van der Waals surface area contributed by atoms with E-state index in [-0.39, 0.29) is 22.8 Å². The van der Waals surface area contributed by atoms with Crippen molar-refractivity contribution in [2.24, 2.45) is 0 Å². The van der Waals surface area contributed by atoms with Crippen molar-refractivity contribution in [1.29, 1.82) is 0 Å². The smallest absolute Gasteiger partial charge is 0.194 e. The summed E-state index contributed by atoms with van der Waals surface area (Å²) in [5.41, 5.74) is 1.61. The monoisotopic (exact) mass is 613 g/mol. The molecule has 0 aliphatic carbocycles. The SMILES string of the molecule is COc1cc(OC)c(/C=C/S(=O)(=O)Cc2ccc(OC)c(N/C=C\C(=O)c3c(OC)cc(OC)cc3OC)c2)c(OC)c1. The lowest BCUT2D eigenvalue weighted by Gasteiger charge is -2.13. The Hall–Kier alpha value is -4.84. The first-order chi connectivity index (χ1) is 20.6. The molecule has 0 radical (unpaired) electrons. The Morgan fingerprint density at radius 1 is 0.698 bits per heavy atom. The molecule has 3 aromatic rings. The van der Waals surface area contributed by atoms with Gasteiger partial charge in [-0.2, -0.15) is 0 Å². The van der Waals surface area contributed by atoms with Crippen LogP contribution in [0.4, 0.5) is 5.69 Å². The van der Waals surface area contributed by atoms with Crippen LogP contribution in [0.2, 0.25) is 0 Å². The van der Waals surface area contributed by atoms with Gasteiger partial charge in [-0.3, -0.25) is 4.79 Å². The number of hydrogen-bond acceptors (Lipinski definition) is 11. The lowest BCUT2D eigenvalue weighted by atomic mass is 10.1. The third kappa shape index (κ3) is 8.13. The van der Waals surface area contributed by atoms with Crippen molar-refractivity contribution >= 4 is 27.4 Å². The molecule has 0 amide bonds. The molecule has 0 fully saturated rings. The number of anilines is 1. The highest BCUT2D eigenvalue weighted by Gasteiger charge is 2.19. The third-order valence-corrected chi connectivity index (χ3v) is 7.55. The Labute approximate surface area is 251 Å². The van der Waals surface area contributed by atoms with Gasteiger partial charge in [-0.25, -0.2) is 8.42 Å². The molecule has 0 saturated heterocycles. The molecule has 0 heterocycles. The fourth-order valence-corrected chi connectivity index (χ4v) is 5.23. The predicted octanol–water partition coefficient (Wildman–Crippen LogP) is 5.14. The van der Waals surface area contributed by atoms with Crippen molar-refractivity contribution in [2.45, 2.75) is 5.75 Å². The molecule has 3 rings (SSSR count). The zero-order valence-electron chi connectivity index (χ0n) is 25.0. The Kier molecular flexibility index (Phi) is 11.3. The average molecular weight is 614 g/mol. The lowest BCUT2D eigenvalue weighted by Crippen LogP contribution is -2.05. The number of sulfone groups is 1. The van der Waals surface area contributed by atoms with E-state index in [1.807, 2.05) is 0 Å². The van der Waals surface area contributed by atoms with Gasteiger partial charge in [0.25, 0.3) is 0 Å². The minimum absolute atomic E-state index is 0.215. The number of ether oxygens (including phenoxy) is 7. The van der Waals surface area contributed by atoms with Gasteiger partial charge in [0.15, 0.2) is 15.6 Å². The molecule has 43 heavy (non-hydrogen) atoms. The highest BCUT2D eigenvalue weighted by molar-refractivity contribution is 7.93. The summed E-state index contributed by atoms with van der Waals surface area (Å²) in [5.74, 6) is 2.09. The van der Waals surface area contributed by atoms with Crippen LogP contribution in [0.25, 0.3) is 6.08 Å². The first-order valence-electron chi connectivity index (χ1n) is 12.8. The summed E-state index contributed by atoms with van der Waals surface area (Å²) in [4.78, 5) is 13.0. The summed E-state index contributed by atoms with van der Waals surface area (Å²) >= 11 is 0. The van der Waals surface area contributed by atoms with Crippen LogP contribution < -0.4 is 38.5 Å². The summed E-state index contributed by atoms with van der Waals surface area (Å²) in [6, 6.07) is 11.3. The first-order valence-corrected chi connectivity index (χ1v) is 14.5. The summed E-state index contributed by atoms with van der Waals surface area (Å²) < 4.78 is 63.5. The molecule has 230 valence electrons. The number of benzene rings is 3. The highest BCUT2D eigenvalue weighted by Crippen LogP contribution is 2.36. The molecule has 0 aromatic heterocycles. The number of methoxy groups -OCH3 is 7. The number of nitrogens with one attached hydrogen (secondary N) is 1. The maximum absolute atomic E-state index is 13.1. The number of ketones is 1. The number of carbonyl (C=O) groups is 1. The van der Waals surface area contributed by atoms with Crippen molar-refractivity contribution in [2.75, 3.05) is 55.1 Å². The largest absolute Gasteiger partial charge is 0.496 e. The van der Waals surface area contributed by atoms with E-state index in [9.17, 15) is 13.2 Å². The predicted molar refractivity (Wildman–Crippen MR) is 164 cm³/mol. The van der Waals surface area contributed by atoms with E-state index < -0.39 is 15.6 Å². The minimum atomic E-state index is -3.73. The molecular formula is C31H35NO10S. The number of hydrogen-bond donors (Lipinski definition) is 1. The van der Waals surface area contributed by atoms with Gasteiger partial charge in [-0.1, -0.05) is 6.07 Å². The van der Waals surface area contributed by atoms with E-state index in [2.05, 4.69) is 5.32 Å². The van der Waals surface area contributed by atoms with E-state index in [0.29, 0.717) is 45.6 Å². The summed E-state index contributed by atoms with van der Waals surface area (Å²) in [6.45, 7) is 0. The second kappa shape index (κ2) is 14.9. The Morgan fingerprint density at radius 3 is 1.70 bits per heavy atom. The first kappa shape index (κ1) is 32.7. The molecule has 0 unspecified atom stereocenters. The molecule has 0 atom stereocenters. The normalized spacial score (nSPS) is 11.3. The van der Waals surface area contributed by atoms with Crippen LogP contribution in [0.1, 0.15) is 21.5 Å². The van der Waals surface area contributed by atoms with Crippen LogP contribution >= 0.6 is 0 Å². The van der Waals surface area contributed by atoms with E-state index in [1.165, 1.54) is 68.1 Å². The zero-order chi connectivity index (χ0) is 31.6. The number of carbonyl (C=O) groups excluding carboxylic acids is 1. The topological polar surface area (TPSA) is 128 Å². The molecule has 0 aliphatic heterocycles.